The number of benzene rings is 3. The van der Waals surface area contributed by atoms with Gasteiger partial charge in [-0.1, -0.05) is 94.8 Å². The van der Waals surface area contributed by atoms with Crippen molar-refractivity contribution in [2.75, 3.05) is 0 Å². The SMILES string of the molecule is O=C(OC1(Cc2ccccc2Br)NC(c2ccccc2)C(c2ccccc2)N1)C(F)(F)F. The molecule has 0 bridgehead atoms. The molecule has 0 amide bonds. The normalized spacial score (nSPS) is 23.1. The molecule has 4 nitrogen and oxygen atoms in total. The fourth-order valence-corrected chi connectivity index (χ4v) is 4.33. The monoisotopic (exact) mass is 504 g/mol. The number of hydrogen-bond acceptors (Lipinski definition) is 4. The van der Waals surface area contributed by atoms with Crippen LogP contribution in [0.15, 0.2) is 89.4 Å². The van der Waals surface area contributed by atoms with Crippen LogP contribution >= 0.6 is 15.9 Å². The van der Waals surface area contributed by atoms with Crippen LogP contribution in [0.2, 0.25) is 0 Å². The number of carbonyl (C=O) groups is 1. The molecule has 4 rings (SSSR count). The summed E-state index contributed by atoms with van der Waals surface area (Å²) in [4.78, 5) is 11.9. The lowest BCUT2D eigenvalue weighted by molar-refractivity contribution is -0.218. The molecular formula is C24H20BrF3N2O2. The van der Waals surface area contributed by atoms with E-state index in [1.165, 1.54) is 0 Å². The van der Waals surface area contributed by atoms with E-state index in [1.54, 1.807) is 24.3 Å². The van der Waals surface area contributed by atoms with Gasteiger partial charge >= 0.3 is 12.1 Å². The van der Waals surface area contributed by atoms with Gasteiger partial charge in [-0.15, -0.1) is 0 Å². The third-order valence-corrected chi connectivity index (χ3v) is 6.10. The van der Waals surface area contributed by atoms with E-state index < -0.39 is 30.1 Å². The van der Waals surface area contributed by atoms with Gasteiger partial charge in [0.05, 0.1) is 12.1 Å². The van der Waals surface area contributed by atoms with Crippen molar-refractivity contribution in [1.29, 1.82) is 0 Å². The molecule has 3 aromatic rings. The summed E-state index contributed by atoms with van der Waals surface area (Å²) < 4.78 is 45.4. The molecule has 2 atom stereocenters. The van der Waals surface area contributed by atoms with E-state index in [-0.39, 0.29) is 6.42 Å². The second-order valence-electron chi connectivity index (χ2n) is 7.55. The summed E-state index contributed by atoms with van der Waals surface area (Å²) in [6.45, 7) is 0. The topological polar surface area (TPSA) is 50.4 Å². The third-order valence-electron chi connectivity index (χ3n) is 5.32. The van der Waals surface area contributed by atoms with Crippen LogP contribution in [0.25, 0.3) is 0 Å². The number of carbonyl (C=O) groups excluding carboxylic acids is 1. The van der Waals surface area contributed by atoms with Gasteiger partial charge in [-0.25, -0.2) is 4.79 Å². The van der Waals surface area contributed by atoms with Crippen molar-refractivity contribution in [2.45, 2.75) is 30.5 Å². The molecule has 2 unspecified atom stereocenters. The van der Waals surface area contributed by atoms with Gasteiger partial charge in [0.15, 0.2) is 0 Å². The molecule has 1 aliphatic rings. The molecule has 0 saturated carbocycles. The minimum atomic E-state index is -5.13. The van der Waals surface area contributed by atoms with Crippen molar-refractivity contribution in [2.24, 2.45) is 0 Å². The van der Waals surface area contributed by atoms with Crippen molar-refractivity contribution in [3.63, 3.8) is 0 Å². The van der Waals surface area contributed by atoms with Crippen LogP contribution in [-0.2, 0) is 16.0 Å². The van der Waals surface area contributed by atoms with E-state index in [2.05, 4.69) is 26.6 Å². The zero-order valence-corrected chi connectivity index (χ0v) is 18.4. The highest BCUT2D eigenvalue weighted by Gasteiger charge is 2.52. The van der Waals surface area contributed by atoms with Crippen LogP contribution < -0.4 is 10.6 Å². The molecule has 1 aliphatic heterocycles. The average Bonchev–Trinajstić information content (AvgIpc) is 3.15. The number of alkyl halides is 3. The molecule has 1 fully saturated rings. The summed E-state index contributed by atoms with van der Waals surface area (Å²) in [6.07, 6.45) is -5.15. The van der Waals surface area contributed by atoms with Crippen LogP contribution in [-0.4, -0.2) is 18.0 Å². The van der Waals surface area contributed by atoms with E-state index in [1.807, 2.05) is 60.7 Å². The number of rotatable bonds is 5. The quantitative estimate of drug-likeness (QED) is 0.455. The van der Waals surface area contributed by atoms with Crippen LogP contribution in [0.3, 0.4) is 0 Å². The Morgan fingerprint density at radius 3 is 1.78 bits per heavy atom. The molecule has 0 aromatic heterocycles. The number of esters is 1. The molecule has 0 radical (unpaired) electrons. The second kappa shape index (κ2) is 9.05. The maximum absolute atomic E-state index is 13.2. The first kappa shape index (κ1) is 22.5. The van der Waals surface area contributed by atoms with Gasteiger partial charge in [0, 0.05) is 10.9 Å². The lowest BCUT2D eigenvalue weighted by Gasteiger charge is -2.31. The number of halogens is 4. The Balaban J connectivity index is 1.78. The highest BCUT2D eigenvalue weighted by Crippen LogP contribution is 2.40. The Labute approximate surface area is 191 Å². The van der Waals surface area contributed by atoms with Gasteiger partial charge in [0.2, 0.25) is 5.85 Å². The predicted octanol–water partition coefficient (Wildman–Crippen LogP) is 5.43. The number of nitrogens with one attached hydrogen (secondary N) is 2. The van der Waals surface area contributed by atoms with Crippen molar-refractivity contribution < 1.29 is 22.7 Å². The van der Waals surface area contributed by atoms with Crippen molar-refractivity contribution in [3.8, 4) is 0 Å². The predicted molar refractivity (Wildman–Crippen MR) is 117 cm³/mol. The summed E-state index contributed by atoms with van der Waals surface area (Å²) in [5, 5.41) is 6.35. The standard InChI is InChI=1S/C24H20BrF3N2O2/c25-19-14-8-7-13-18(19)15-23(32-22(31)24(26,27)28)29-20(16-9-3-1-4-10-16)21(30-23)17-11-5-2-6-12-17/h1-14,20-21,29-30H,15H2. The zero-order valence-electron chi connectivity index (χ0n) is 16.8. The van der Waals surface area contributed by atoms with E-state index in [0.29, 0.717) is 10.0 Å². The zero-order chi connectivity index (χ0) is 22.8. The number of ether oxygens (including phenoxy) is 1. The highest BCUT2D eigenvalue weighted by atomic mass is 79.9. The molecule has 0 spiro atoms. The maximum Gasteiger partial charge on any atom is 0.491 e. The largest absolute Gasteiger partial charge is 0.491 e. The highest BCUT2D eigenvalue weighted by molar-refractivity contribution is 9.10. The van der Waals surface area contributed by atoms with Crippen LogP contribution in [0.1, 0.15) is 28.8 Å². The van der Waals surface area contributed by atoms with Crippen molar-refractivity contribution in [1.82, 2.24) is 10.6 Å². The van der Waals surface area contributed by atoms with E-state index in [4.69, 9.17) is 4.74 Å². The molecule has 166 valence electrons. The summed E-state index contributed by atoms with van der Waals surface area (Å²) in [5.41, 5.74) is 2.39. The summed E-state index contributed by atoms with van der Waals surface area (Å²) in [5.74, 6) is -4.04. The van der Waals surface area contributed by atoms with Crippen LogP contribution in [0, 0.1) is 0 Å². The van der Waals surface area contributed by atoms with E-state index in [9.17, 15) is 18.0 Å². The summed E-state index contributed by atoms with van der Waals surface area (Å²) in [6, 6.07) is 24.9. The number of hydrogen-bond donors (Lipinski definition) is 2. The Hall–Kier alpha value is -2.68. The Morgan fingerprint density at radius 1 is 0.844 bits per heavy atom. The fourth-order valence-electron chi connectivity index (χ4n) is 3.91. The minimum absolute atomic E-state index is 0.0249. The average molecular weight is 505 g/mol. The minimum Gasteiger partial charge on any atom is -0.423 e. The second-order valence-corrected chi connectivity index (χ2v) is 8.40. The molecule has 0 aliphatic carbocycles. The van der Waals surface area contributed by atoms with Gasteiger partial charge in [-0.05, 0) is 22.8 Å². The Kier molecular flexibility index (Phi) is 6.37. The van der Waals surface area contributed by atoms with Crippen molar-refractivity contribution in [3.05, 3.63) is 106 Å². The summed E-state index contributed by atoms with van der Waals surface area (Å²) >= 11 is 3.44. The van der Waals surface area contributed by atoms with Crippen LogP contribution in [0.5, 0.6) is 0 Å². The van der Waals surface area contributed by atoms with Crippen molar-refractivity contribution >= 4 is 21.9 Å². The fraction of sp³-hybridized carbons (Fsp3) is 0.208. The van der Waals surface area contributed by atoms with Gasteiger partial charge in [-0.2, -0.15) is 13.2 Å². The Bertz CT molecular complexity index is 1030. The lowest BCUT2D eigenvalue weighted by Crippen LogP contribution is -2.56. The first-order valence-electron chi connectivity index (χ1n) is 9.96. The molecule has 1 heterocycles. The molecule has 8 heteroatoms. The van der Waals surface area contributed by atoms with E-state index >= 15 is 0 Å². The molecule has 32 heavy (non-hydrogen) atoms. The third kappa shape index (κ3) is 4.87. The lowest BCUT2D eigenvalue weighted by atomic mass is 9.95. The smallest absolute Gasteiger partial charge is 0.423 e. The first-order valence-corrected chi connectivity index (χ1v) is 10.8. The maximum atomic E-state index is 13.2. The van der Waals surface area contributed by atoms with Gasteiger partial charge in [0.1, 0.15) is 0 Å². The summed E-state index contributed by atoms with van der Waals surface area (Å²) in [7, 11) is 0. The Morgan fingerprint density at radius 2 is 1.31 bits per heavy atom. The molecule has 3 aromatic carbocycles. The molecule has 2 N–H and O–H groups in total. The van der Waals surface area contributed by atoms with Gasteiger partial charge in [-0.3, -0.25) is 10.6 Å². The van der Waals surface area contributed by atoms with Gasteiger partial charge in [0.25, 0.3) is 0 Å². The molecular weight excluding hydrogens is 485 g/mol. The molecule has 1 saturated heterocycles. The van der Waals surface area contributed by atoms with E-state index in [0.717, 1.165) is 11.1 Å². The van der Waals surface area contributed by atoms with Crippen LogP contribution in [0.4, 0.5) is 13.2 Å². The first-order chi connectivity index (χ1) is 15.3. The van der Waals surface area contributed by atoms with Gasteiger partial charge < -0.3 is 4.74 Å².